The van der Waals surface area contributed by atoms with Crippen molar-refractivity contribution in [2.45, 2.75) is 307 Å². The third-order valence-electron chi connectivity index (χ3n) is 22.9. The fraction of sp³-hybridized carbons (Fsp3) is 0.871. The van der Waals surface area contributed by atoms with Crippen LogP contribution in [0.2, 0.25) is 0 Å². The monoisotopic (exact) mass is 1920 g/mol. The van der Waals surface area contributed by atoms with Crippen LogP contribution in [0.5, 0.6) is 0 Å². The van der Waals surface area contributed by atoms with Crippen LogP contribution in [0, 0.1) is 0 Å². The summed E-state index contributed by atoms with van der Waals surface area (Å²) in [6.07, 6.45) is -94.9. The molecule has 44 atom stereocenters. The Morgan fingerprint density at radius 1 is 0.328 bits per heavy atom. The maximum absolute atomic E-state index is 14.3. The second-order valence-corrected chi connectivity index (χ2v) is 31.8. The van der Waals surface area contributed by atoms with Crippen molar-refractivity contribution in [3.05, 3.63) is 0 Å². The van der Waals surface area contributed by atoms with Crippen molar-refractivity contribution < 1.29 is 278 Å². The van der Waals surface area contributed by atoms with Crippen LogP contribution in [0.4, 0.5) is 0 Å². The minimum Gasteiger partial charge on any atom is -0.477 e. The Labute approximate surface area is 735 Å². The van der Waals surface area contributed by atoms with Gasteiger partial charge in [-0.15, -0.1) is 0 Å². The lowest BCUT2D eigenvalue weighted by Gasteiger charge is -2.53. The van der Waals surface area contributed by atoms with Gasteiger partial charge in [-0.05, 0) is 0 Å². The summed E-state index contributed by atoms with van der Waals surface area (Å²) in [6, 6.07) is -11.0. The molecule has 61 heteroatoms. The van der Waals surface area contributed by atoms with E-state index in [4.69, 9.17) is 71.1 Å². The Bertz CT molecular complexity index is 3780. The minimum absolute atomic E-state index is 0.736. The first-order valence-electron chi connectivity index (χ1n) is 40.2. The van der Waals surface area contributed by atoms with Gasteiger partial charge < -0.3 is 261 Å². The van der Waals surface area contributed by atoms with Gasteiger partial charge in [-0.3, -0.25) is 24.0 Å². The lowest BCUT2D eigenvalue weighted by molar-refractivity contribution is -0.405. The number of carbonyl (C=O) groups excluding carboxylic acids is 5. The highest BCUT2D eigenvalue weighted by Gasteiger charge is 2.67. The third kappa shape index (κ3) is 24.0. The lowest BCUT2D eigenvalue weighted by Crippen LogP contribution is -2.73. The molecule has 0 bridgehead atoms. The molecule has 8 fully saturated rings. The van der Waals surface area contributed by atoms with Crippen molar-refractivity contribution >= 4 is 53.4 Å². The zero-order valence-electron chi connectivity index (χ0n) is 68.8. The molecule has 5 amide bonds. The fourth-order valence-corrected chi connectivity index (χ4v) is 16.3. The number of ether oxygens (including phenoxy) is 15. The van der Waals surface area contributed by atoms with Crippen LogP contribution in [0.3, 0.4) is 0 Å². The molecule has 8 aliphatic rings. The third-order valence-corrected chi connectivity index (χ3v) is 22.9. The molecule has 0 aromatic carbocycles. The maximum Gasteiger partial charge on any atom is 0.364 e. The van der Waals surface area contributed by atoms with E-state index in [-0.39, 0.29) is 0 Å². The molecule has 0 aromatic heterocycles. The topological polar surface area (TPSA) is 1000 Å². The van der Waals surface area contributed by atoms with Crippen LogP contribution < -0.4 is 26.6 Å². The van der Waals surface area contributed by atoms with E-state index in [0.29, 0.717) is 0 Å². The van der Waals surface area contributed by atoms with Gasteiger partial charge in [0.05, 0.1) is 101 Å². The Morgan fingerprint density at radius 2 is 0.634 bits per heavy atom. The lowest BCUT2D eigenvalue weighted by atomic mass is 9.87. The normalized spacial score (nSPS) is 41.8. The van der Waals surface area contributed by atoms with Gasteiger partial charge >= 0.3 is 23.9 Å². The van der Waals surface area contributed by atoms with E-state index < -0.39 is 420 Å². The number of aliphatic hydroxyl groups excluding tert-OH is 28. The number of hydrogen-bond acceptors (Lipinski definition) is 52. The van der Waals surface area contributed by atoms with Crippen molar-refractivity contribution in [3.8, 4) is 0 Å². The molecule has 0 spiro atoms. The molecule has 754 valence electrons. The second-order valence-electron chi connectivity index (χ2n) is 31.8. The first-order valence-corrected chi connectivity index (χ1v) is 40.2. The zero-order valence-corrected chi connectivity index (χ0v) is 68.8. The highest BCUT2D eigenvalue weighted by atomic mass is 16.8. The highest BCUT2D eigenvalue weighted by Crippen LogP contribution is 2.46. The molecule has 0 radical (unpaired) electrons. The molecule has 0 aromatic rings. The SMILES string of the molecule is CC(=O)N[C@H]1[C@H](O[C@@H]2[C@H](O[C@]3(C(=O)O)C[C@H](O)[C@@H](NC(C)=O)[C@H]([C@H](O)[C@@H](CO)O[C@]4(C(=O)O)C[C@H](O)[C@@H](NC(=O)CO)[C@H]([C@H](O)[C@H](O)CO)O4)O3)[C@@H](O)[C@H](O[C@H]3[C@H](O)[C@@H](O)[C@H](O)O[C@@H]3CO)O[C@@H]2CO)O[C@H](CO)[C@H](O)[C@@H]1O[C@@H]1O[C@H](CO)[C@H](O)[C@H](O[C@]2(C(=O)O)C[C@H](O)[C@@H](NC(=O)CO)[C@H]([C@H](O)[C@@H](CO)O[C@]3(C(=O)O)C[C@H](O)[C@@H](NC(=O)CO)[C@H]([C@H](O)[C@H](O)CO)O3)O2)[C@H]1O. The molecule has 8 aliphatic heterocycles. The molecule has 0 saturated carbocycles. The molecule has 8 rings (SSSR count). The van der Waals surface area contributed by atoms with Crippen LogP contribution in [-0.4, -0.2) is 557 Å². The molecule has 8 saturated heterocycles. The Balaban J connectivity index is 1.19. The standard InChI is InChI=1S/C70H113N5O56/c1-18(87)71-35-20(89)5-70(66(115)116,128-55(35)44(102)28(11-80)124-67(63(109)110)3-21(90)36(73-32(95)15-84)53(126-67)40(98)24(93)7-76)131-58-49(107)62(121-50-30(13-82)117-59(108)47(105)46(50)104)120-31(14-83)51(58)122-60-39(72-19(2)88)52(42(100)26(9-78)118-60)123-61-48(106)57(43(101)27(10-79)119-61)130-69(65(113)114)6-23(92)38(75-34(97)17-86)56(129-69)45(103)29(12-81)125-68(64(111)112)4-22(91)37(74-33(96)16-85)54(127-68)41(99)25(94)8-77/h20-31,35-62,76-86,89-94,98-108H,3-17H2,1-2H3,(H,71,87)(H,72,88)(H,73,95)(H,74,96)(H,75,97)(H,109,110)(H,111,112)(H,113,114)(H,115,116)/t20-,21-,22-,23-,24+,25+,26+,27+,28+,29+,30+,31+,35+,36+,37+,38+,39+,40+,41+,42-,43-,44+,45+,46+,47+,48+,49+,50+,51-,52+,53+,54+,55+,56+,57-,58+,59+,60-,61-,62-,67+,68+,69-,70-/m0/s1. The van der Waals surface area contributed by atoms with Crippen LogP contribution in [0.25, 0.3) is 0 Å². The fourth-order valence-electron chi connectivity index (χ4n) is 16.3. The minimum atomic E-state index is -3.86. The van der Waals surface area contributed by atoms with Gasteiger partial charge in [-0.2, -0.15) is 0 Å². The van der Waals surface area contributed by atoms with Gasteiger partial charge in [0.25, 0.3) is 23.1 Å². The molecule has 0 unspecified atom stereocenters. The maximum atomic E-state index is 14.3. The van der Waals surface area contributed by atoms with E-state index in [1.54, 1.807) is 0 Å². The Hall–Kier alpha value is -6.49. The molecule has 8 heterocycles. The van der Waals surface area contributed by atoms with E-state index in [9.17, 15) is 207 Å². The van der Waals surface area contributed by atoms with Gasteiger partial charge in [-0.25, -0.2) is 19.2 Å². The van der Waals surface area contributed by atoms with Gasteiger partial charge in [0, 0.05) is 39.5 Å². The average Bonchev–Trinajstić information content (AvgIpc) is 0.749. The van der Waals surface area contributed by atoms with Crippen molar-refractivity contribution in [3.63, 3.8) is 0 Å². The summed E-state index contributed by atoms with van der Waals surface area (Å²) in [4.78, 5) is 119. The van der Waals surface area contributed by atoms with E-state index in [2.05, 4.69) is 10.6 Å². The number of carboxylic acid groups (broad SMARTS) is 4. The van der Waals surface area contributed by atoms with E-state index in [1.807, 2.05) is 16.0 Å². The number of carbonyl (C=O) groups is 9. The van der Waals surface area contributed by atoms with Gasteiger partial charge in [-0.1, -0.05) is 0 Å². The molecular weight excluding hydrogens is 1810 g/mol. The van der Waals surface area contributed by atoms with E-state index >= 15 is 0 Å². The van der Waals surface area contributed by atoms with Crippen LogP contribution in [0.1, 0.15) is 39.5 Å². The predicted octanol–water partition coefficient (Wildman–Crippen LogP) is -24.0. The Morgan fingerprint density at radius 3 is 0.992 bits per heavy atom. The summed E-state index contributed by atoms with van der Waals surface area (Å²) in [5, 5.41) is 364. The summed E-state index contributed by atoms with van der Waals surface area (Å²) in [7, 11) is 0. The number of nitrogens with one attached hydrogen (secondary N) is 5. The summed E-state index contributed by atoms with van der Waals surface area (Å²) < 4.78 is 87.2. The van der Waals surface area contributed by atoms with Gasteiger partial charge in [0.15, 0.2) is 25.2 Å². The second kappa shape index (κ2) is 46.6. The summed E-state index contributed by atoms with van der Waals surface area (Å²) in [6.45, 7) is -14.4. The number of aliphatic carboxylic acids is 4. The average molecular weight is 1920 g/mol. The van der Waals surface area contributed by atoms with Crippen molar-refractivity contribution in [2.24, 2.45) is 0 Å². The zero-order chi connectivity index (χ0) is 98.0. The molecule has 131 heavy (non-hydrogen) atoms. The molecular formula is C70H113N5O56. The highest BCUT2D eigenvalue weighted by molar-refractivity contribution is 5.81. The first kappa shape index (κ1) is 110. The van der Waals surface area contributed by atoms with E-state index in [0.717, 1.165) is 13.8 Å². The van der Waals surface area contributed by atoms with Crippen LogP contribution in [0.15, 0.2) is 0 Å². The Kier molecular flexibility index (Phi) is 39.0. The first-order chi connectivity index (χ1) is 61.5. The molecule has 61 nitrogen and oxygen atoms in total. The molecule has 37 N–H and O–H groups in total. The number of hydrogen-bond donors (Lipinski definition) is 37. The number of rotatable bonds is 42. The summed E-state index contributed by atoms with van der Waals surface area (Å²) in [5.74, 6) is -30.8. The van der Waals surface area contributed by atoms with E-state index in [1.165, 1.54) is 0 Å². The van der Waals surface area contributed by atoms with Gasteiger partial charge in [0.2, 0.25) is 29.5 Å². The van der Waals surface area contributed by atoms with Crippen molar-refractivity contribution in [1.82, 2.24) is 26.6 Å². The van der Waals surface area contributed by atoms with Crippen LogP contribution in [-0.2, 0) is 114 Å². The van der Waals surface area contributed by atoms with Crippen LogP contribution >= 0.6 is 0 Å². The molecule has 0 aliphatic carbocycles. The number of aliphatic hydroxyl groups is 28. The number of amides is 5. The summed E-state index contributed by atoms with van der Waals surface area (Å²) >= 11 is 0. The number of carboxylic acids is 4. The predicted molar refractivity (Wildman–Crippen MR) is 395 cm³/mol. The van der Waals surface area contributed by atoms with Gasteiger partial charge in [0.1, 0.15) is 191 Å². The smallest absolute Gasteiger partial charge is 0.364 e. The van der Waals surface area contributed by atoms with Crippen molar-refractivity contribution in [2.75, 3.05) is 72.7 Å². The van der Waals surface area contributed by atoms with Crippen molar-refractivity contribution in [1.29, 1.82) is 0 Å². The largest absolute Gasteiger partial charge is 0.477 e. The summed E-state index contributed by atoms with van der Waals surface area (Å²) in [5.41, 5.74) is 0. The quantitative estimate of drug-likeness (QED) is 0.0270.